The largest absolute Gasteiger partial charge is 0.396 e. The van der Waals surface area contributed by atoms with E-state index < -0.39 is 0 Å². The van der Waals surface area contributed by atoms with E-state index in [1.807, 2.05) is 19.1 Å². The minimum absolute atomic E-state index is 0.00923. The average molecular weight is 276 g/mol. The second-order valence-corrected chi connectivity index (χ2v) is 6.34. The Bertz CT molecular complexity index is 507. The smallest absolute Gasteiger partial charge is 0.255 e. The number of rotatable bonds is 5. The molecule has 1 aliphatic rings. The van der Waals surface area contributed by atoms with Crippen LogP contribution in [0.4, 0.5) is 0 Å². The van der Waals surface area contributed by atoms with Gasteiger partial charge in [-0.3, -0.25) is 9.78 Å². The summed E-state index contributed by atoms with van der Waals surface area (Å²) in [6.07, 6.45) is 2.01. The maximum Gasteiger partial charge on any atom is 0.255 e. The Morgan fingerprint density at radius 2 is 2.10 bits per heavy atom. The monoisotopic (exact) mass is 276 g/mol. The van der Waals surface area contributed by atoms with Gasteiger partial charge in [0.2, 0.25) is 0 Å². The molecule has 20 heavy (non-hydrogen) atoms. The fraction of sp³-hybridized carbons (Fsp3) is 0.625. The number of carbonyl (C=O) groups excluding carboxylic acids is 1. The molecule has 1 aliphatic carbocycles. The van der Waals surface area contributed by atoms with Gasteiger partial charge in [-0.05, 0) is 37.8 Å². The number of aromatic nitrogens is 1. The van der Waals surface area contributed by atoms with Gasteiger partial charge in [-0.1, -0.05) is 13.8 Å². The van der Waals surface area contributed by atoms with Gasteiger partial charge >= 0.3 is 0 Å². The maximum atomic E-state index is 12.5. The van der Waals surface area contributed by atoms with Crippen molar-refractivity contribution in [3.8, 4) is 0 Å². The number of aryl methyl sites for hydroxylation is 1. The van der Waals surface area contributed by atoms with Gasteiger partial charge in [-0.2, -0.15) is 0 Å². The number of aliphatic hydroxyl groups excluding tert-OH is 1. The first-order valence-corrected chi connectivity index (χ1v) is 7.22. The standard InChI is InChI=1S/C16H24N2O2/c1-11(2)14-6-5-13(12(3)17-14)15(20)18(4)9-16(10-19)7-8-16/h5-6,11,19H,7-10H2,1-4H3. The van der Waals surface area contributed by atoms with Crippen LogP contribution in [0.5, 0.6) is 0 Å². The number of nitrogens with zero attached hydrogens (tertiary/aromatic N) is 2. The maximum absolute atomic E-state index is 12.5. The summed E-state index contributed by atoms with van der Waals surface area (Å²) in [5.74, 6) is 0.352. The van der Waals surface area contributed by atoms with Crippen molar-refractivity contribution in [2.24, 2.45) is 5.41 Å². The fourth-order valence-corrected chi connectivity index (χ4v) is 2.45. The molecule has 1 amide bonds. The molecule has 0 aliphatic heterocycles. The summed E-state index contributed by atoms with van der Waals surface area (Å²) >= 11 is 0. The van der Waals surface area contributed by atoms with Gasteiger partial charge in [0.15, 0.2) is 0 Å². The molecule has 0 radical (unpaired) electrons. The lowest BCUT2D eigenvalue weighted by Gasteiger charge is -2.23. The second-order valence-electron chi connectivity index (χ2n) is 6.34. The lowest BCUT2D eigenvalue weighted by atomic mass is 10.1. The van der Waals surface area contributed by atoms with Gasteiger partial charge in [-0.15, -0.1) is 0 Å². The summed E-state index contributed by atoms with van der Waals surface area (Å²) in [6, 6.07) is 3.80. The Labute approximate surface area is 120 Å². The highest BCUT2D eigenvalue weighted by Crippen LogP contribution is 2.45. The second kappa shape index (κ2) is 5.52. The van der Waals surface area contributed by atoms with E-state index in [2.05, 4.69) is 18.8 Å². The molecule has 4 nitrogen and oxygen atoms in total. The molecule has 0 unspecified atom stereocenters. The zero-order chi connectivity index (χ0) is 14.9. The summed E-state index contributed by atoms with van der Waals surface area (Å²) in [5, 5.41) is 9.36. The molecule has 110 valence electrons. The first kappa shape index (κ1) is 15.0. The molecule has 0 atom stereocenters. The van der Waals surface area contributed by atoms with E-state index in [0.717, 1.165) is 24.2 Å². The van der Waals surface area contributed by atoms with Gasteiger partial charge in [0, 0.05) is 24.7 Å². The van der Waals surface area contributed by atoms with Gasteiger partial charge in [0.25, 0.3) is 5.91 Å². The van der Waals surface area contributed by atoms with Gasteiger partial charge in [0.05, 0.1) is 17.9 Å². The zero-order valence-corrected chi connectivity index (χ0v) is 12.8. The molecule has 1 aromatic heterocycles. The van der Waals surface area contributed by atoms with Crippen LogP contribution in [0.25, 0.3) is 0 Å². The van der Waals surface area contributed by atoms with E-state index in [9.17, 15) is 9.90 Å². The molecule has 0 saturated heterocycles. The van der Waals surface area contributed by atoms with E-state index in [-0.39, 0.29) is 17.9 Å². The number of hydrogen-bond acceptors (Lipinski definition) is 3. The predicted octanol–water partition coefficient (Wildman–Crippen LogP) is 2.36. The van der Waals surface area contributed by atoms with Gasteiger partial charge in [-0.25, -0.2) is 0 Å². The molecule has 0 bridgehead atoms. The molecule has 0 spiro atoms. The first-order valence-electron chi connectivity index (χ1n) is 7.22. The third kappa shape index (κ3) is 3.01. The molecule has 4 heteroatoms. The van der Waals surface area contributed by atoms with Crippen molar-refractivity contribution in [1.29, 1.82) is 0 Å². The third-order valence-corrected chi connectivity index (χ3v) is 4.14. The quantitative estimate of drug-likeness (QED) is 0.898. The fourth-order valence-electron chi connectivity index (χ4n) is 2.45. The zero-order valence-electron chi connectivity index (χ0n) is 12.8. The summed E-state index contributed by atoms with van der Waals surface area (Å²) in [5.41, 5.74) is 2.40. The normalized spacial score (nSPS) is 16.3. The topological polar surface area (TPSA) is 53.4 Å². The SMILES string of the molecule is Cc1nc(C(C)C)ccc1C(=O)N(C)CC1(CO)CC1. The van der Waals surface area contributed by atoms with Crippen LogP contribution in [-0.4, -0.2) is 41.1 Å². The number of pyridine rings is 1. The molecule has 0 aromatic carbocycles. The van der Waals surface area contributed by atoms with Gasteiger partial charge < -0.3 is 10.0 Å². The van der Waals surface area contributed by atoms with Crippen molar-refractivity contribution in [2.75, 3.05) is 20.2 Å². The molecule has 1 saturated carbocycles. The Kier molecular flexibility index (Phi) is 4.14. The van der Waals surface area contributed by atoms with Crippen molar-refractivity contribution in [2.45, 2.75) is 39.5 Å². The van der Waals surface area contributed by atoms with Crippen molar-refractivity contribution in [3.63, 3.8) is 0 Å². The Morgan fingerprint density at radius 1 is 1.45 bits per heavy atom. The van der Waals surface area contributed by atoms with Crippen LogP contribution in [0.3, 0.4) is 0 Å². The van der Waals surface area contributed by atoms with E-state index in [1.165, 1.54) is 0 Å². The third-order valence-electron chi connectivity index (χ3n) is 4.14. The van der Waals surface area contributed by atoms with Crippen LogP contribution in [0.2, 0.25) is 0 Å². The first-order chi connectivity index (χ1) is 9.38. The molecule has 1 heterocycles. The summed E-state index contributed by atoms with van der Waals surface area (Å²) in [4.78, 5) is 18.7. The minimum Gasteiger partial charge on any atom is -0.396 e. The lowest BCUT2D eigenvalue weighted by molar-refractivity contribution is 0.0732. The highest BCUT2D eigenvalue weighted by molar-refractivity contribution is 5.95. The van der Waals surface area contributed by atoms with Crippen LogP contribution in [-0.2, 0) is 0 Å². The summed E-state index contributed by atoms with van der Waals surface area (Å²) in [6.45, 7) is 6.84. The Hall–Kier alpha value is -1.42. The Balaban J connectivity index is 2.12. The minimum atomic E-state index is -0.0520. The predicted molar refractivity (Wildman–Crippen MR) is 78.8 cm³/mol. The highest BCUT2D eigenvalue weighted by atomic mass is 16.3. The number of carbonyl (C=O) groups is 1. The van der Waals surface area contributed by atoms with Crippen LogP contribution in [0, 0.1) is 12.3 Å². The summed E-state index contributed by atoms with van der Waals surface area (Å²) < 4.78 is 0. The van der Waals surface area contributed by atoms with Crippen LogP contribution in [0.15, 0.2) is 12.1 Å². The van der Waals surface area contributed by atoms with Crippen LogP contribution in [0.1, 0.15) is 54.4 Å². The van der Waals surface area contributed by atoms with E-state index in [1.54, 1.807) is 11.9 Å². The van der Waals surface area contributed by atoms with Crippen molar-refractivity contribution >= 4 is 5.91 Å². The number of hydrogen-bond donors (Lipinski definition) is 1. The lowest BCUT2D eigenvalue weighted by Crippen LogP contribution is -2.34. The van der Waals surface area contributed by atoms with E-state index in [4.69, 9.17) is 0 Å². The summed E-state index contributed by atoms with van der Waals surface area (Å²) in [7, 11) is 1.80. The molecular weight excluding hydrogens is 252 g/mol. The number of aliphatic hydroxyl groups is 1. The van der Waals surface area contributed by atoms with E-state index in [0.29, 0.717) is 18.0 Å². The molecular formula is C16H24N2O2. The van der Waals surface area contributed by atoms with Crippen LogP contribution < -0.4 is 0 Å². The number of amides is 1. The highest BCUT2D eigenvalue weighted by Gasteiger charge is 2.43. The van der Waals surface area contributed by atoms with Crippen molar-refractivity contribution < 1.29 is 9.90 Å². The average Bonchev–Trinajstić information content (AvgIpc) is 3.18. The van der Waals surface area contributed by atoms with Crippen molar-refractivity contribution in [1.82, 2.24) is 9.88 Å². The molecule has 1 N–H and O–H groups in total. The molecule has 1 aromatic rings. The van der Waals surface area contributed by atoms with E-state index >= 15 is 0 Å². The molecule has 2 rings (SSSR count). The Morgan fingerprint density at radius 3 is 2.55 bits per heavy atom. The van der Waals surface area contributed by atoms with Crippen molar-refractivity contribution in [3.05, 3.63) is 29.1 Å². The van der Waals surface area contributed by atoms with Crippen LogP contribution >= 0.6 is 0 Å². The molecule has 1 fully saturated rings. The van der Waals surface area contributed by atoms with Gasteiger partial charge in [0.1, 0.15) is 0 Å².